The predicted molar refractivity (Wildman–Crippen MR) is 73.1 cm³/mol. The van der Waals surface area contributed by atoms with E-state index in [0.29, 0.717) is 25.1 Å². The average Bonchev–Trinajstić information content (AvgIpc) is 2.83. The molecule has 0 amide bonds. The molecule has 0 fully saturated rings. The van der Waals surface area contributed by atoms with Gasteiger partial charge in [0.1, 0.15) is 0 Å². The van der Waals surface area contributed by atoms with Crippen molar-refractivity contribution in [3.05, 3.63) is 47.3 Å². The first-order valence-electron chi connectivity index (χ1n) is 6.49. The van der Waals surface area contributed by atoms with Crippen LogP contribution >= 0.6 is 0 Å². The van der Waals surface area contributed by atoms with Crippen LogP contribution in [0, 0.1) is 0 Å². The molecular formula is C14H15N3O4. The summed E-state index contributed by atoms with van der Waals surface area (Å²) in [4.78, 5) is 21.7. The Bertz CT molecular complexity index is 637. The number of carbonyl (C=O) groups is 2. The lowest BCUT2D eigenvalue weighted by molar-refractivity contribution is -0.137. The number of hydrogen-bond donors (Lipinski definition) is 2. The van der Waals surface area contributed by atoms with E-state index in [9.17, 15) is 9.59 Å². The quantitative estimate of drug-likeness (QED) is 0.798. The summed E-state index contributed by atoms with van der Waals surface area (Å²) in [5.74, 6) is -2.02. The molecular weight excluding hydrogens is 274 g/mol. The second-order valence-corrected chi connectivity index (χ2v) is 4.57. The average molecular weight is 289 g/mol. The fraction of sp³-hybridized carbons (Fsp3) is 0.286. The topological polar surface area (TPSA) is 105 Å². The van der Waals surface area contributed by atoms with Crippen molar-refractivity contribution in [2.24, 2.45) is 0 Å². The summed E-state index contributed by atoms with van der Waals surface area (Å²) in [5, 5.41) is 25.3. The number of benzene rings is 1. The number of nitrogens with zero attached hydrogens (tertiary/aromatic N) is 3. The Balaban J connectivity index is 2.21. The van der Waals surface area contributed by atoms with E-state index in [1.165, 1.54) is 4.68 Å². The van der Waals surface area contributed by atoms with Crippen molar-refractivity contribution in [2.45, 2.75) is 25.8 Å². The minimum Gasteiger partial charge on any atom is -0.481 e. The van der Waals surface area contributed by atoms with Crippen molar-refractivity contribution in [1.29, 1.82) is 0 Å². The monoisotopic (exact) mass is 289 g/mol. The highest BCUT2D eigenvalue weighted by Gasteiger charge is 2.19. The summed E-state index contributed by atoms with van der Waals surface area (Å²) in [6.45, 7) is 0.328. The molecule has 7 nitrogen and oxygen atoms in total. The van der Waals surface area contributed by atoms with Crippen molar-refractivity contribution in [2.75, 3.05) is 0 Å². The van der Waals surface area contributed by atoms with Gasteiger partial charge in [-0.3, -0.25) is 4.79 Å². The van der Waals surface area contributed by atoms with Gasteiger partial charge in [0.15, 0.2) is 5.69 Å². The largest absolute Gasteiger partial charge is 0.481 e. The van der Waals surface area contributed by atoms with Crippen molar-refractivity contribution >= 4 is 11.9 Å². The first kappa shape index (κ1) is 14.7. The summed E-state index contributed by atoms with van der Waals surface area (Å²) >= 11 is 0. The molecule has 0 unspecified atom stereocenters. The molecule has 0 saturated heterocycles. The first-order chi connectivity index (χ1) is 10.1. The maximum atomic E-state index is 11.2. The van der Waals surface area contributed by atoms with Gasteiger partial charge in [-0.2, -0.15) is 0 Å². The third-order valence-electron chi connectivity index (χ3n) is 3.02. The molecule has 0 bridgehead atoms. The summed E-state index contributed by atoms with van der Waals surface area (Å²) < 4.78 is 1.47. The van der Waals surface area contributed by atoms with Crippen molar-refractivity contribution in [1.82, 2.24) is 15.0 Å². The summed E-state index contributed by atoms with van der Waals surface area (Å²) in [5.41, 5.74) is 1.34. The van der Waals surface area contributed by atoms with Gasteiger partial charge in [-0.1, -0.05) is 35.5 Å². The number of aromatic carboxylic acids is 1. The second kappa shape index (κ2) is 6.65. The van der Waals surface area contributed by atoms with Gasteiger partial charge < -0.3 is 10.2 Å². The highest BCUT2D eigenvalue weighted by Crippen LogP contribution is 2.13. The van der Waals surface area contributed by atoms with Crippen LogP contribution in [0.15, 0.2) is 30.3 Å². The van der Waals surface area contributed by atoms with Gasteiger partial charge in [-0.05, 0) is 12.0 Å². The fourth-order valence-corrected chi connectivity index (χ4v) is 2.02. The number of rotatable bonds is 7. The Morgan fingerprint density at radius 3 is 2.48 bits per heavy atom. The van der Waals surface area contributed by atoms with Crippen LogP contribution in [0.5, 0.6) is 0 Å². The highest BCUT2D eigenvalue weighted by molar-refractivity contribution is 5.86. The van der Waals surface area contributed by atoms with Gasteiger partial charge in [0, 0.05) is 19.4 Å². The van der Waals surface area contributed by atoms with E-state index in [0.717, 1.165) is 5.56 Å². The molecule has 0 aliphatic heterocycles. The van der Waals surface area contributed by atoms with Crippen molar-refractivity contribution < 1.29 is 19.8 Å². The Labute approximate surface area is 120 Å². The number of aromatic nitrogens is 3. The molecule has 1 heterocycles. The molecule has 110 valence electrons. The minimum atomic E-state index is -1.13. The molecule has 21 heavy (non-hydrogen) atoms. The van der Waals surface area contributed by atoms with Gasteiger partial charge in [-0.15, -0.1) is 5.10 Å². The molecule has 1 aromatic carbocycles. The van der Waals surface area contributed by atoms with Gasteiger partial charge in [0.2, 0.25) is 0 Å². The smallest absolute Gasteiger partial charge is 0.358 e. The van der Waals surface area contributed by atoms with Gasteiger partial charge >= 0.3 is 11.9 Å². The summed E-state index contributed by atoms with van der Waals surface area (Å²) in [6.07, 6.45) is 0.773. The first-order valence-corrected chi connectivity index (χ1v) is 6.49. The van der Waals surface area contributed by atoms with Crippen LogP contribution in [0.4, 0.5) is 0 Å². The molecule has 7 heteroatoms. The van der Waals surface area contributed by atoms with E-state index in [2.05, 4.69) is 10.3 Å². The Hall–Kier alpha value is -2.70. The lowest BCUT2D eigenvalue weighted by Crippen LogP contribution is -2.10. The molecule has 2 rings (SSSR count). The van der Waals surface area contributed by atoms with E-state index >= 15 is 0 Å². The molecule has 0 aliphatic rings. The fourth-order valence-electron chi connectivity index (χ4n) is 2.02. The van der Waals surface area contributed by atoms with E-state index < -0.39 is 11.9 Å². The molecule has 0 atom stereocenters. The molecule has 1 aromatic heterocycles. The third kappa shape index (κ3) is 3.88. The number of carboxylic acid groups (broad SMARTS) is 2. The predicted octanol–water partition coefficient (Wildman–Crippen LogP) is 1.43. The van der Waals surface area contributed by atoms with Crippen LogP contribution in [-0.2, 0) is 17.8 Å². The molecule has 2 N–H and O–H groups in total. The van der Waals surface area contributed by atoms with E-state index in [1.54, 1.807) is 0 Å². The standard InChI is InChI=1S/C14H15N3O4/c18-12(19)7-4-8-17-11(13(14(20)21)15-16-17)9-10-5-2-1-3-6-10/h1-3,5-6H,4,7-9H2,(H,18,19)(H,20,21). The lowest BCUT2D eigenvalue weighted by atomic mass is 10.1. The Morgan fingerprint density at radius 1 is 1.14 bits per heavy atom. The van der Waals surface area contributed by atoms with Gasteiger partial charge in [0.25, 0.3) is 0 Å². The number of carboxylic acids is 2. The van der Waals surface area contributed by atoms with Crippen LogP contribution in [0.3, 0.4) is 0 Å². The summed E-state index contributed by atoms with van der Waals surface area (Å²) in [6, 6.07) is 9.40. The molecule has 0 aliphatic carbocycles. The number of hydrogen-bond acceptors (Lipinski definition) is 4. The van der Waals surface area contributed by atoms with Crippen LogP contribution < -0.4 is 0 Å². The van der Waals surface area contributed by atoms with E-state index in [-0.39, 0.29) is 12.1 Å². The van der Waals surface area contributed by atoms with Crippen LogP contribution in [-0.4, -0.2) is 37.1 Å². The highest BCUT2D eigenvalue weighted by atomic mass is 16.4. The summed E-state index contributed by atoms with van der Waals surface area (Å²) in [7, 11) is 0. The molecule has 0 spiro atoms. The normalized spacial score (nSPS) is 10.5. The second-order valence-electron chi connectivity index (χ2n) is 4.57. The number of aliphatic carboxylic acids is 1. The van der Waals surface area contributed by atoms with Crippen LogP contribution in [0.2, 0.25) is 0 Å². The van der Waals surface area contributed by atoms with Crippen LogP contribution in [0.1, 0.15) is 34.6 Å². The Morgan fingerprint density at radius 2 is 1.86 bits per heavy atom. The van der Waals surface area contributed by atoms with E-state index in [4.69, 9.17) is 10.2 Å². The maximum absolute atomic E-state index is 11.2. The van der Waals surface area contributed by atoms with Gasteiger partial charge in [-0.25, -0.2) is 9.48 Å². The van der Waals surface area contributed by atoms with Gasteiger partial charge in [0.05, 0.1) is 5.69 Å². The molecule has 0 saturated carbocycles. The van der Waals surface area contributed by atoms with E-state index in [1.807, 2.05) is 30.3 Å². The Kier molecular flexibility index (Phi) is 4.65. The van der Waals surface area contributed by atoms with Crippen molar-refractivity contribution in [3.63, 3.8) is 0 Å². The lowest BCUT2D eigenvalue weighted by Gasteiger charge is -2.06. The third-order valence-corrected chi connectivity index (χ3v) is 3.02. The zero-order valence-electron chi connectivity index (χ0n) is 11.3. The SMILES string of the molecule is O=C(O)CCCn1nnc(C(=O)O)c1Cc1ccccc1. The zero-order valence-corrected chi connectivity index (χ0v) is 11.3. The molecule has 0 radical (unpaired) electrons. The number of aryl methyl sites for hydroxylation is 1. The maximum Gasteiger partial charge on any atom is 0.358 e. The molecule has 2 aromatic rings. The van der Waals surface area contributed by atoms with Crippen molar-refractivity contribution in [3.8, 4) is 0 Å². The van der Waals surface area contributed by atoms with Crippen LogP contribution in [0.25, 0.3) is 0 Å². The minimum absolute atomic E-state index is 0.00699. The zero-order chi connectivity index (χ0) is 15.2.